The highest BCUT2D eigenvalue weighted by Crippen LogP contribution is 2.17. The van der Waals surface area contributed by atoms with E-state index in [-0.39, 0.29) is 0 Å². The zero-order valence-electron chi connectivity index (χ0n) is 8.69. The normalized spacial score (nSPS) is 18.1. The summed E-state index contributed by atoms with van der Waals surface area (Å²) in [7, 11) is 1.76. The lowest BCUT2D eigenvalue weighted by molar-refractivity contribution is 0.0816. The van der Waals surface area contributed by atoms with Gasteiger partial charge in [-0.3, -0.25) is 0 Å². The van der Waals surface area contributed by atoms with Crippen LogP contribution in [0.15, 0.2) is 12.4 Å². The van der Waals surface area contributed by atoms with Crippen molar-refractivity contribution < 1.29 is 4.74 Å². The van der Waals surface area contributed by atoms with Crippen molar-refractivity contribution in [2.45, 2.75) is 18.9 Å². The van der Waals surface area contributed by atoms with E-state index < -0.39 is 0 Å². The molecule has 0 unspecified atom stereocenters. The van der Waals surface area contributed by atoms with Gasteiger partial charge in [0.15, 0.2) is 0 Å². The first kappa shape index (κ1) is 10.6. The summed E-state index contributed by atoms with van der Waals surface area (Å²) in [4.78, 5) is 10.5. The van der Waals surface area contributed by atoms with Crippen LogP contribution in [0.1, 0.15) is 12.8 Å². The van der Waals surface area contributed by atoms with Crippen LogP contribution in [0, 0.1) is 0 Å². The number of hydrogen-bond acceptors (Lipinski definition) is 4. The SMILES string of the molecule is COC1CCN(c2ncc(Cl)cn2)CC1. The number of piperidine rings is 1. The van der Waals surface area contributed by atoms with Gasteiger partial charge in [-0.05, 0) is 12.8 Å². The zero-order chi connectivity index (χ0) is 10.7. The molecule has 0 aromatic carbocycles. The van der Waals surface area contributed by atoms with Crippen molar-refractivity contribution >= 4 is 17.5 Å². The van der Waals surface area contributed by atoms with Crippen LogP contribution in [0.2, 0.25) is 5.02 Å². The van der Waals surface area contributed by atoms with E-state index in [9.17, 15) is 0 Å². The number of aromatic nitrogens is 2. The molecule has 0 radical (unpaired) electrons. The lowest BCUT2D eigenvalue weighted by Gasteiger charge is -2.31. The molecule has 5 heteroatoms. The van der Waals surface area contributed by atoms with Crippen molar-refractivity contribution in [3.8, 4) is 0 Å². The van der Waals surface area contributed by atoms with Crippen molar-refractivity contribution in [1.82, 2.24) is 9.97 Å². The second-order valence-corrected chi connectivity index (χ2v) is 4.06. The Morgan fingerprint density at radius 3 is 2.47 bits per heavy atom. The van der Waals surface area contributed by atoms with Gasteiger partial charge in [0.05, 0.1) is 23.5 Å². The third-order valence-electron chi connectivity index (χ3n) is 2.66. The molecule has 1 saturated heterocycles. The standard InChI is InChI=1S/C10H14ClN3O/c1-15-9-2-4-14(5-3-9)10-12-6-8(11)7-13-10/h6-7,9H,2-5H2,1H3. The minimum Gasteiger partial charge on any atom is -0.381 e. The summed E-state index contributed by atoms with van der Waals surface area (Å²) in [5.74, 6) is 0.758. The van der Waals surface area contributed by atoms with Gasteiger partial charge in [0, 0.05) is 20.2 Å². The van der Waals surface area contributed by atoms with E-state index in [1.54, 1.807) is 19.5 Å². The first-order chi connectivity index (χ1) is 7.29. The van der Waals surface area contributed by atoms with E-state index in [2.05, 4.69) is 14.9 Å². The van der Waals surface area contributed by atoms with E-state index in [4.69, 9.17) is 16.3 Å². The van der Waals surface area contributed by atoms with Crippen LogP contribution in [0.25, 0.3) is 0 Å². The summed E-state index contributed by atoms with van der Waals surface area (Å²) >= 11 is 5.73. The summed E-state index contributed by atoms with van der Waals surface area (Å²) in [5.41, 5.74) is 0. The first-order valence-corrected chi connectivity index (χ1v) is 5.42. The lowest BCUT2D eigenvalue weighted by atomic mass is 10.1. The molecule has 2 rings (SSSR count). The number of methoxy groups -OCH3 is 1. The monoisotopic (exact) mass is 227 g/mol. The maximum absolute atomic E-state index is 5.73. The fourth-order valence-electron chi connectivity index (χ4n) is 1.76. The summed E-state index contributed by atoms with van der Waals surface area (Å²) in [5, 5.41) is 0.575. The molecule has 0 aliphatic carbocycles. The molecular weight excluding hydrogens is 214 g/mol. The van der Waals surface area contributed by atoms with Crippen LogP contribution in [0.5, 0.6) is 0 Å². The van der Waals surface area contributed by atoms with Crippen LogP contribution in [0.3, 0.4) is 0 Å². The highest BCUT2D eigenvalue weighted by Gasteiger charge is 2.20. The fraction of sp³-hybridized carbons (Fsp3) is 0.600. The number of rotatable bonds is 2. The average Bonchev–Trinajstić information content (AvgIpc) is 2.30. The molecular formula is C10H14ClN3O. The maximum Gasteiger partial charge on any atom is 0.225 e. The van der Waals surface area contributed by atoms with Crippen molar-refractivity contribution in [1.29, 1.82) is 0 Å². The molecule has 1 aliphatic rings. The van der Waals surface area contributed by atoms with Crippen molar-refractivity contribution in [3.05, 3.63) is 17.4 Å². The lowest BCUT2D eigenvalue weighted by Crippen LogP contribution is -2.37. The molecule has 4 nitrogen and oxygen atoms in total. The Labute approximate surface area is 94.2 Å². The molecule has 15 heavy (non-hydrogen) atoms. The van der Waals surface area contributed by atoms with E-state index in [1.165, 1.54) is 0 Å². The van der Waals surface area contributed by atoms with Crippen molar-refractivity contribution in [2.24, 2.45) is 0 Å². The highest BCUT2D eigenvalue weighted by atomic mass is 35.5. The third kappa shape index (κ3) is 2.58. The molecule has 1 aliphatic heterocycles. The first-order valence-electron chi connectivity index (χ1n) is 5.05. The summed E-state index contributed by atoms with van der Waals surface area (Å²) < 4.78 is 5.31. The van der Waals surface area contributed by atoms with Gasteiger partial charge in [-0.1, -0.05) is 11.6 Å². The van der Waals surface area contributed by atoms with Crippen molar-refractivity contribution in [3.63, 3.8) is 0 Å². The van der Waals surface area contributed by atoms with Gasteiger partial charge in [0.25, 0.3) is 0 Å². The average molecular weight is 228 g/mol. The predicted molar refractivity (Wildman–Crippen MR) is 59.3 cm³/mol. The number of nitrogens with zero attached hydrogens (tertiary/aromatic N) is 3. The number of ether oxygens (including phenoxy) is 1. The van der Waals surface area contributed by atoms with Crippen LogP contribution < -0.4 is 4.90 Å². The van der Waals surface area contributed by atoms with Gasteiger partial charge >= 0.3 is 0 Å². The fourth-order valence-corrected chi connectivity index (χ4v) is 1.86. The molecule has 0 N–H and O–H groups in total. The van der Waals surface area contributed by atoms with Crippen LogP contribution in [-0.4, -0.2) is 36.3 Å². The predicted octanol–water partition coefficient (Wildman–Crippen LogP) is 1.75. The number of anilines is 1. The molecule has 1 aromatic rings. The molecule has 82 valence electrons. The summed E-state index contributed by atoms with van der Waals surface area (Å²) in [6.07, 6.45) is 5.71. The van der Waals surface area contributed by atoms with Gasteiger partial charge in [0.1, 0.15) is 0 Å². The van der Waals surface area contributed by atoms with E-state index in [0.717, 1.165) is 31.9 Å². The van der Waals surface area contributed by atoms with Gasteiger partial charge < -0.3 is 9.64 Å². The van der Waals surface area contributed by atoms with E-state index in [0.29, 0.717) is 11.1 Å². The minimum absolute atomic E-state index is 0.383. The topological polar surface area (TPSA) is 38.2 Å². The van der Waals surface area contributed by atoms with E-state index in [1.807, 2.05) is 0 Å². The van der Waals surface area contributed by atoms with Gasteiger partial charge in [-0.2, -0.15) is 0 Å². The number of hydrogen-bond donors (Lipinski definition) is 0. The van der Waals surface area contributed by atoms with Gasteiger partial charge in [-0.15, -0.1) is 0 Å². The number of halogens is 1. The Balaban J connectivity index is 1.98. The second kappa shape index (κ2) is 4.77. The summed E-state index contributed by atoms with van der Waals surface area (Å²) in [6, 6.07) is 0. The minimum atomic E-state index is 0.383. The quantitative estimate of drug-likeness (QED) is 0.772. The Bertz CT molecular complexity index is 309. The third-order valence-corrected chi connectivity index (χ3v) is 2.86. The Morgan fingerprint density at radius 2 is 1.93 bits per heavy atom. The largest absolute Gasteiger partial charge is 0.381 e. The molecule has 0 bridgehead atoms. The van der Waals surface area contributed by atoms with Gasteiger partial charge in [0.2, 0.25) is 5.95 Å². The second-order valence-electron chi connectivity index (χ2n) is 3.62. The van der Waals surface area contributed by atoms with E-state index >= 15 is 0 Å². The molecule has 2 heterocycles. The Hall–Kier alpha value is -0.870. The summed E-state index contributed by atoms with van der Waals surface area (Å²) in [6.45, 7) is 1.89. The van der Waals surface area contributed by atoms with Crippen LogP contribution in [-0.2, 0) is 4.74 Å². The molecule has 0 spiro atoms. The van der Waals surface area contributed by atoms with Gasteiger partial charge in [-0.25, -0.2) is 9.97 Å². The molecule has 0 saturated carbocycles. The van der Waals surface area contributed by atoms with Crippen molar-refractivity contribution in [2.75, 3.05) is 25.1 Å². The van der Waals surface area contributed by atoms with Crippen LogP contribution in [0.4, 0.5) is 5.95 Å². The maximum atomic E-state index is 5.73. The van der Waals surface area contributed by atoms with Crippen LogP contribution >= 0.6 is 11.6 Å². The molecule has 1 aromatic heterocycles. The smallest absolute Gasteiger partial charge is 0.225 e. The zero-order valence-corrected chi connectivity index (χ0v) is 9.44. The Morgan fingerprint density at radius 1 is 1.33 bits per heavy atom. The molecule has 0 atom stereocenters. The Kier molecular flexibility index (Phi) is 3.38. The molecule has 1 fully saturated rings. The highest BCUT2D eigenvalue weighted by molar-refractivity contribution is 6.30. The molecule has 0 amide bonds.